The van der Waals surface area contributed by atoms with Crippen LogP contribution < -0.4 is 0 Å². The first-order valence-corrected chi connectivity index (χ1v) is 7.09. The van der Waals surface area contributed by atoms with Crippen molar-refractivity contribution >= 4 is 27.8 Å². The highest BCUT2D eigenvalue weighted by atomic mass is 79.9. The predicted octanol–water partition coefficient (Wildman–Crippen LogP) is 2.84. The molecule has 1 heterocycles. The Balaban J connectivity index is 2.28. The smallest absolute Gasteiger partial charge is 0.326 e. The van der Waals surface area contributed by atoms with E-state index in [9.17, 15) is 14.7 Å². The topological polar surface area (TPSA) is 57.6 Å². The second kappa shape index (κ2) is 5.74. The first-order chi connectivity index (χ1) is 8.99. The third-order valence-corrected chi connectivity index (χ3v) is 3.80. The SMILES string of the molecule is Cc1cc(Br)cc(C(=O)N2CCCCC2C(=O)O)c1. The fourth-order valence-electron chi connectivity index (χ4n) is 2.46. The largest absolute Gasteiger partial charge is 0.480 e. The van der Waals surface area contributed by atoms with Crippen LogP contribution in [0.2, 0.25) is 0 Å². The zero-order chi connectivity index (χ0) is 14.0. The quantitative estimate of drug-likeness (QED) is 0.909. The van der Waals surface area contributed by atoms with Gasteiger partial charge in [-0.2, -0.15) is 0 Å². The van der Waals surface area contributed by atoms with Gasteiger partial charge >= 0.3 is 5.97 Å². The van der Waals surface area contributed by atoms with Crippen LogP contribution in [0.15, 0.2) is 22.7 Å². The van der Waals surface area contributed by atoms with Gasteiger partial charge in [-0.25, -0.2) is 4.79 Å². The number of rotatable bonds is 2. The fraction of sp³-hybridized carbons (Fsp3) is 0.429. The van der Waals surface area contributed by atoms with E-state index >= 15 is 0 Å². The normalized spacial score (nSPS) is 19.3. The van der Waals surface area contributed by atoms with Gasteiger partial charge in [-0.05, 0) is 49.9 Å². The molecule has 2 rings (SSSR count). The number of carboxylic acids is 1. The van der Waals surface area contributed by atoms with E-state index in [0.717, 1.165) is 22.9 Å². The molecule has 5 heteroatoms. The molecule has 0 spiro atoms. The predicted molar refractivity (Wildman–Crippen MR) is 75.2 cm³/mol. The van der Waals surface area contributed by atoms with Gasteiger partial charge in [0.25, 0.3) is 5.91 Å². The number of amides is 1. The summed E-state index contributed by atoms with van der Waals surface area (Å²) >= 11 is 3.36. The summed E-state index contributed by atoms with van der Waals surface area (Å²) in [4.78, 5) is 25.2. The van der Waals surface area contributed by atoms with Gasteiger partial charge in [0.2, 0.25) is 0 Å². The standard InChI is InChI=1S/C14H16BrNO3/c1-9-6-10(8-11(15)7-9)13(17)16-5-3-2-4-12(16)14(18)19/h6-8,12H,2-5H2,1H3,(H,18,19). The van der Waals surface area contributed by atoms with Crippen molar-refractivity contribution in [3.05, 3.63) is 33.8 Å². The van der Waals surface area contributed by atoms with Crippen molar-refractivity contribution < 1.29 is 14.7 Å². The monoisotopic (exact) mass is 325 g/mol. The minimum Gasteiger partial charge on any atom is -0.480 e. The van der Waals surface area contributed by atoms with Gasteiger partial charge in [-0.1, -0.05) is 15.9 Å². The van der Waals surface area contributed by atoms with Gasteiger partial charge in [-0.15, -0.1) is 0 Å². The van der Waals surface area contributed by atoms with Crippen LogP contribution >= 0.6 is 15.9 Å². The molecule has 1 amide bonds. The summed E-state index contributed by atoms with van der Waals surface area (Å²) in [6, 6.07) is 4.76. The highest BCUT2D eigenvalue weighted by molar-refractivity contribution is 9.10. The number of carbonyl (C=O) groups excluding carboxylic acids is 1. The maximum absolute atomic E-state index is 12.5. The number of halogens is 1. The molecule has 0 radical (unpaired) electrons. The number of likely N-dealkylation sites (tertiary alicyclic amines) is 1. The molecule has 19 heavy (non-hydrogen) atoms. The molecule has 0 saturated carbocycles. The van der Waals surface area contributed by atoms with Crippen LogP contribution in [0, 0.1) is 6.92 Å². The van der Waals surface area contributed by atoms with Crippen molar-refractivity contribution in [3.8, 4) is 0 Å². The molecule has 1 saturated heterocycles. The van der Waals surface area contributed by atoms with Crippen LogP contribution in [0.3, 0.4) is 0 Å². The van der Waals surface area contributed by atoms with Crippen molar-refractivity contribution in [1.82, 2.24) is 4.90 Å². The second-order valence-electron chi connectivity index (χ2n) is 4.87. The zero-order valence-electron chi connectivity index (χ0n) is 10.7. The average molecular weight is 326 g/mol. The van der Waals surface area contributed by atoms with Crippen LogP contribution in [-0.4, -0.2) is 34.5 Å². The van der Waals surface area contributed by atoms with E-state index in [4.69, 9.17) is 0 Å². The Morgan fingerprint density at radius 1 is 1.32 bits per heavy atom. The van der Waals surface area contributed by atoms with Crippen molar-refractivity contribution in [3.63, 3.8) is 0 Å². The van der Waals surface area contributed by atoms with E-state index in [2.05, 4.69) is 15.9 Å². The molecule has 1 aliphatic heterocycles. The number of hydrogen-bond donors (Lipinski definition) is 1. The van der Waals surface area contributed by atoms with E-state index < -0.39 is 12.0 Å². The van der Waals surface area contributed by atoms with Crippen molar-refractivity contribution in [1.29, 1.82) is 0 Å². The molecular weight excluding hydrogens is 310 g/mol. The first kappa shape index (κ1) is 14.1. The van der Waals surface area contributed by atoms with Crippen molar-refractivity contribution in [2.24, 2.45) is 0 Å². The number of piperidine rings is 1. The number of aliphatic carboxylic acids is 1. The van der Waals surface area contributed by atoms with Crippen LogP contribution in [0.25, 0.3) is 0 Å². The molecule has 1 aromatic carbocycles. The third kappa shape index (κ3) is 3.15. The molecular formula is C14H16BrNO3. The van der Waals surface area contributed by atoms with Gasteiger partial charge in [0.1, 0.15) is 6.04 Å². The van der Waals surface area contributed by atoms with Gasteiger partial charge < -0.3 is 10.0 Å². The molecule has 1 N–H and O–H groups in total. The number of benzene rings is 1. The third-order valence-electron chi connectivity index (χ3n) is 3.34. The van der Waals surface area contributed by atoms with E-state index in [1.165, 1.54) is 4.90 Å². The van der Waals surface area contributed by atoms with Gasteiger partial charge in [0, 0.05) is 16.6 Å². The fourth-order valence-corrected chi connectivity index (χ4v) is 3.06. The van der Waals surface area contributed by atoms with Gasteiger partial charge in [-0.3, -0.25) is 4.79 Å². The van der Waals surface area contributed by atoms with E-state index in [1.807, 2.05) is 13.0 Å². The number of aryl methyl sites for hydroxylation is 1. The van der Waals surface area contributed by atoms with Gasteiger partial charge in [0.05, 0.1) is 0 Å². The Bertz CT molecular complexity index is 495. The van der Waals surface area contributed by atoms with Crippen molar-refractivity contribution in [2.75, 3.05) is 6.54 Å². The van der Waals surface area contributed by atoms with Gasteiger partial charge in [0.15, 0.2) is 0 Å². The van der Waals surface area contributed by atoms with E-state index in [0.29, 0.717) is 18.5 Å². The second-order valence-corrected chi connectivity index (χ2v) is 5.78. The maximum Gasteiger partial charge on any atom is 0.326 e. The Kier molecular flexibility index (Phi) is 4.24. The Morgan fingerprint density at radius 2 is 2.05 bits per heavy atom. The number of hydrogen-bond acceptors (Lipinski definition) is 2. The zero-order valence-corrected chi connectivity index (χ0v) is 12.3. The molecule has 0 aliphatic carbocycles. The van der Waals surface area contributed by atoms with E-state index in [-0.39, 0.29) is 5.91 Å². The molecule has 1 unspecified atom stereocenters. The Labute approximate surface area is 120 Å². The van der Waals surface area contributed by atoms with Crippen LogP contribution in [0.1, 0.15) is 35.2 Å². The summed E-state index contributed by atoms with van der Waals surface area (Å²) in [5.41, 5.74) is 1.52. The molecule has 0 bridgehead atoms. The maximum atomic E-state index is 12.5. The summed E-state index contributed by atoms with van der Waals surface area (Å²) in [6.45, 7) is 2.42. The highest BCUT2D eigenvalue weighted by Crippen LogP contribution is 2.22. The molecule has 0 aromatic heterocycles. The molecule has 102 valence electrons. The first-order valence-electron chi connectivity index (χ1n) is 6.30. The lowest BCUT2D eigenvalue weighted by Gasteiger charge is -2.33. The minimum atomic E-state index is -0.917. The Morgan fingerprint density at radius 3 is 2.68 bits per heavy atom. The number of nitrogens with zero attached hydrogens (tertiary/aromatic N) is 1. The van der Waals surface area contributed by atoms with Crippen LogP contribution in [-0.2, 0) is 4.79 Å². The number of carboxylic acid groups (broad SMARTS) is 1. The molecule has 1 aromatic rings. The van der Waals surface area contributed by atoms with E-state index in [1.54, 1.807) is 12.1 Å². The minimum absolute atomic E-state index is 0.198. The molecule has 1 atom stereocenters. The van der Waals surface area contributed by atoms with Crippen molar-refractivity contribution in [2.45, 2.75) is 32.2 Å². The molecule has 1 aliphatic rings. The summed E-state index contributed by atoms with van der Waals surface area (Å²) in [7, 11) is 0. The van der Waals surface area contributed by atoms with Crippen LogP contribution in [0.4, 0.5) is 0 Å². The average Bonchev–Trinajstić information content (AvgIpc) is 2.36. The summed E-state index contributed by atoms with van der Waals surface area (Å²) in [5, 5.41) is 9.21. The lowest BCUT2D eigenvalue weighted by molar-refractivity contribution is -0.143. The summed E-state index contributed by atoms with van der Waals surface area (Å²) < 4.78 is 0.833. The lowest BCUT2D eigenvalue weighted by Crippen LogP contribution is -2.48. The lowest BCUT2D eigenvalue weighted by atomic mass is 10.0. The Hall–Kier alpha value is -1.36. The molecule has 4 nitrogen and oxygen atoms in total. The summed E-state index contributed by atoms with van der Waals surface area (Å²) in [5.74, 6) is -1.11. The summed E-state index contributed by atoms with van der Waals surface area (Å²) in [6.07, 6.45) is 2.26. The van der Waals surface area contributed by atoms with Crippen LogP contribution in [0.5, 0.6) is 0 Å². The highest BCUT2D eigenvalue weighted by Gasteiger charge is 2.32. The molecule has 1 fully saturated rings. The number of carbonyl (C=O) groups is 2.